The third-order valence-corrected chi connectivity index (χ3v) is 3.45. The summed E-state index contributed by atoms with van der Waals surface area (Å²) in [6.45, 7) is 4.32. The van der Waals surface area contributed by atoms with E-state index in [4.69, 9.17) is 0 Å². The molecule has 0 aliphatic rings. The van der Waals surface area contributed by atoms with Gasteiger partial charge in [-0.1, -0.05) is 31.1 Å². The number of nitrogens with one attached hydrogen (secondary N) is 1. The van der Waals surface area contributed by atoms with Gasteiger partial charge >= 0.3 is 0 Å². The Labute approximate surface area is 89.9 Å². The average Bonchev–Trinajstić information content (AvgIpc) is 2.66. The van der Waals surface area contributed by atoms with Crippen LogP contribution in [-0.2, 0) is 6.42 Å². The standard InChI is InChI=1S/C10H19N3S/c1-4-5-6-7-9-12-13-10(14-9)8(2)11-3/h8,11H,4-7H2,1-3H3. The minimum absolute atomic E-state index is 0.326. The van der Waals surface area contributed by atoms with Crippen LogP contribution >= 0.6 is 11.3 Å². The lowest BCUT2D eigenvalue weighted by Gasteiger charge is -2.02. The number of hydrogen-bond donors (Lipinski definition) is 1. The normalized spacial score (nSPS) is 13.1. The number of hydrogen-bond acceptors (Lipinski definition) is 4. The van der Waals surface area contributed by atoms with Gasteiger partial charge in [-0.05, 0) is 20.4 Å². The number of nitrogens with zero attached hydrogens (tertiary/aromatic N) is 2. The van der Waals surface area contributed by atoms with Crippen molar-refractivity contribution >= 4 is 11.3 Å². The van der Waals surface area contributed by atoms with Crippen molar-refractivity contribution in [1.82, 2.24) is 15.5 Å². The minimum atomic E-state index is 0.326. The van der Waals surface area contributed by atoms with Gasteiger partial charge in [-0.25, -0.2) is 0 Å². The van der Waals surface area contributed by atoms with Crippen LogP contribution in [0, 0.1) is 0 Å². The van der Waals surface area contributed by atoms with E-state index < -0.39 is 0 Å². The molecule has 0 fully saturated rings. The molecule has 1 aromatic rings. The first-order chi connectivity index (χ1) is 6.77. The molecule has 1 rings (SSSR count). The molecule has 0 amide bonds. The first-order valence-electron chi connectivity index (χ1n) is 5.27. The second kappa shape index (κ2) is 6.09. The summed E-state index contributed by atoms with van der Waals surface area (Å²) in [5.74, 6) is 0. The van der Waals surface area contributed by atoms with Crippen LogP contribution in [0.3, 0.4) is 0 Å². The highest BCUT2D eigenvalue weighted by atomic mass is 32.1. The quantitative estimate of drug-likeness (QED) is 0.738. The Hall–Kier alpha value is -0.480. The molecule has 4 heteroatoms. The van der Waals surface area contributed by atoms with Crippen LogP contribution in [-0.4, -0.2) is 17.2 Å². The molecule has 0 aromatic carbocycles. The van der Waals surface area contributed by atoms with Gasteiger partial charge in [0.1, 0.15) is 10.0 Å². The first-order valence-corrected chi connectivity index (χ1v) is 6.09. The molecule has 0 spiro atoms. The van der Waals surface area contributed by atoms with Crippen molar-refractivity contribution in [3.63, 3.8) is 0 Å². The molecule has 1 aromatic heterocycles. The summed E-state index contributed by atoms with van der Waals surface area (Å²) in [6, 6.07) is 0.326. The second-order valence-electron chi connectivity index (χ2n) is 3.50. The van der Waals surface area contributed by atoms with Gasteiger partial charge in [-0.2, -0.15) is 0 Å². The van der Waals surface area contributed by atoms with Gasteiger partial charge < -0.3 is 5.32 Å². The zero-order valence-corrected chi connectivity index (χ0v) is 10.0. The monoisotopic (exact) mass is 213 g/mol. The van der Waals surface area contributed by atoms with Crippen molar-refractivity contribution in [2.24, 2.45) is 0 Å². The summed E-state index contributed by atoms with van der Waals surface area (Å²) >= 11 is 1.73. The van der Waals surface area contributed by atoms with E-state index in [-0.39, 0.29) is 0 Å². The SMILES string of the molecule is CCCCCc1nnc(C(C)NC)s1. The van der Waals surface area contributed by atoms with Crippen molar-refractivity contribution < 1.29 is 0 Å². The van der Waals surface area contributed by atoms with Gasteiger partial charge in [-0.15, -0.1) is 10.2 Å². The largest absolute Gasteiger partial charge is 0.311 e. The minimum Gasteiger partial charge on any atom is -0.311 e. The van der Waals surface area contributed by atoms with E-state index >= 15 is 0 Å². The molecule has 0 saturated carbocycles. The smallest absolute Gasteiger partial charge is 0.134 e. The van der Waals surface area contributed by atoms with Crippen molar-refractivity contribution in [2.75, 3.05) is 7.05 Å². The second-order valence-corrected chi connectivity index (χ2v) is 4.60. The van der Waals surface area contributed by atoms with Gasteiger partial charge in [0, 0.05) is 6.42 Å². The van der Waals surface area contributed by atoms with Crippen molar-refractivity contribution in [3.8, 4) is 0 Å². The van der Waals surface area contributed by atoms with Crippen LogP contribution in [0.15, 0.2) is 0 Å². The highest BCUT2D eigenvalue weighted by Crippen LogP contribution is 2.18. The topological polar surface area (TPSA) is 37.8 Å². The molecule has 80 valence electrons. The maximum absolute atomic E-state index is 4.19. The van der Waals surface area contributed by atoms with E-state index in [1.54, 1.807) is 11.3 Å². The van der Waals surface area contributed by atoms with Crippen LogP contribution in [0.25, 0.3) is 0 Å². The van der Waals surface area contributed by atoms with Gasteiger partial charge in [0.2, 0.25) is 0 Å². The van der Waals surface area contributed by atoms with E-state index in [9.17, 15) is 0 Å². The van der Waals surface area contributed by atoms with Crippen molar-refractivity contribution in [3.05, 3.63) is 10.0 Å². The molecule has 1 heterocycles. The lowest BCUT2D eigenvalue weighted by Crippen LogP contribution is -2.11. The van der Waals surface area contributed by atoms with Crippen LogP contribution in [0.4, 0.5) is 0 Å². The third kappa shape index (κ3) is 3.35. The molecule has 1 N–H and O–H groups in total. The first kappa shape index (κ1) is 11.6. The predicted molar refractivity (Wildman–Crippen MR) is 60.6 cm³/mol. The van der Waals surface area contributed by atoms with E-state index in [1.807, 2.05) is 7.05 Å². The van der Waals surface area contributed by atoms with Crippen LogP contribution in [0.2, 0.25) is 0 Å². The molecular weight excluding hydrogens is 194 g/mol. The molecule has 0 bridgehead atoms. The average molecular weight is 213 g/mol. The van der Waals surface area contributed by atoms with Crippen molar-refractivity contribution in [1.29, 1.82) is 0 Å². The van der Waals surface area contributed by atoms with Crippen molar-refractivity contribution in [2.45, 2.75) is 45.6 Å². The van der Waals surface area contributed by atoms with E-state index in [0.29, 0.717) is 6.04 Å². The fraction of sp³-hybridized carbons (Fsp3) is 0.800. The van der Waals surface area contributed by atoms with Crippen LogP contribution in [0.5, 0.6) is 0 Å². The van der Waals surface area contributed by atoms with Crippen LogP contribution < -0.4 is 5.32 Å². The zero-order chi connectivity index (χ0) is 10.4. The van der Waals surface area contributed by atoms with Gasteiger partial charge in [0.25, 0.3) is 0 Å². The lowest BCUT2D eigenvalue weighted by molar-refractivity contribution is 0.638. The zero-order valence-electron chi connectivity index (χ0n) is 9.21. The molecule has 1 atom stereocenters. The van der Waals surface area contributed by atoms with E-state index in [2.05, 4.69) is 29.4 Å². The Bertz CT molecular complexity index is 260. The summed E-state index contributed by atoms with van der Waals surface area (Å²) in [4.78, 5) is 0. The molecule has 0 aliphatic carbocycles. The molecule has 1 unspecified atom stereocenters. The lowest BCUT2D eigenvalue weighted by atomic mass is 10.2. The Morgan fingerprint density at radius 2 is 2.14 bits per heavy atom. The highest BCUT2D eigenvalue weighted by Gasteiger charge is 2.09. The van der Waals surface area contributed by atoms with Gasteiger partial charge in [0.05, 0.1) is 6.04 Å². The third-order valence-electron chi connectivity index (χ3n) is 2.28. The Morgan fingerprint density at radius 1 is 1.36 bits per heavy atom. The molecule has 0 saturated heterocycles. The highest BCUT2D eigenvalue weighted by molar-refractivity contribution is 7.11. The Balaban J connectivity index is 2.42. The predicted octanol–water partition coefficient (Wildman–Crippen LogP) is 2.55. The number of aryl methyl sites for hydroxylation is 1. The Kier molecular flexibility index (Phi) is 5.04. The number of rotatable bonds is 6. The maximum atomic E-state index is 4.19. The fourth-order valence-corrected chi connectivity index (χ4v) is 2.14. The molecule has 0 aliphatic heterocycles. The molecule has 0 radical (unpaired) electrons. The fourth-order valence-electron chi connectivity index (χ4n) is 1.19. The summed E-state index contributed by atoms with van der Waals surface area (Å²) in [7, 11) is 1.95. The van der Waals surface area contributed by atoms with Gasteiger partial charge in [-0.3, -0.25) is 0 Å². The molecule has 3 nitrogen and oxygen atoms in total. The summed E-state index contributed by atoms with van der Waals surface area (Å²) < 4.78 is 0. The van der Waals surface area contributed by atoms with Crippen LogP contribution in [0.1, 0.15) is 49.2 Å². The van der Waals surface area contributed by atoms with Gasteiger partial charge in [0.15, 0.2) is 0 Å². The number of unbranched alkanes of at least 4 members (excludes halogenated alkanes) is 2. The van der Waals surface area contributed by atoms with E-state index in [1.165, 1.54) is 24.3 Å². The summed E-state index contributed by atoms with van der Waals surface area (Å²) in [6.07, 6.45) is 4.87. The molecule has 14 heavy (non-hydrogen) atoms. The van der Waals surface area contributed by atoms with E-state index in [0.717, 1.165) is 11.4 Å². The number of aromatic nitrogens is 2. The molecular formula is C10H19N3S. The summed E-state index contributed by atoms with van der Waals surface area (Å²) in [5, 5.41) is 13.8. The summed E-state index contributed by atoms with van der Waals surface area (Å²) in [5.41, 5.74) is 0. The maximum Gasteiger partial charge on any atom is 0.134 e. The Morgan fingerprint density at radius 3 is 2.79 bits per heavy atom.